The summed E-state index contributed by atoms with van der Waals surface area (Å²) in [4.78, 5) is 9.17. The first-order chi connectivity index (χ1) is 7.25. The Morgan fingerprint density at radius 3 is 3.00 bits per heavy atom. The van der Waals surface area contributed by atoms with Crippen molar-refractivity contribution in [3.8, 4) is 0 Å². The summed E-state index contributed by atoms with van der Waals surface area (Å²) < 4.78 is 0. The van der Waals surface area contributed by atoms with Gasteiger partial charge in [-0.15, -0.1) is 11.3 Å². The molecule has 0 aliphatic carbocycles. The van der Waals surface area contributed by atoms with Gasteiger partial charge in [0.15, 0.2) is 0 Å². The Bertz CT molecular complexity index is 430. The third-order valence-electron chi connectivity index (χ3n) is 1.96. The van der Waals surface area contributed by atoms with Crippen molar-refractivity contribution < 1.29 is 0 Å². The number of rotatable bonds is 3. The number of hydrogen-bond donors (Lipinski definition) is 1. The zero-order valence-corrected chi connectivity index (χ0v) is 9.72. The molecule has 0 radical (unpaired) electrons. The fourth-order valence-electron chi connectivity index (χ4n) is 1.25. The van der Waals surface area contributed by atoms with E-state index >= 15 is 0 Å². The highest BCUT2D eigenvalue weighted by Crippen LogP contribution is 2.22. The second-order valence-corrected chi connectivity index (χ2v) is 4.41. The molecular weight excluding hydrogens is 230 g/mol. The standard InChI is InChI=1S/C10H10ClN3S/c1-7(8-3-2-6-15-8)13-9-4-5-12-10(11)14-9/h2-7H,1H3,(H,12,13,14). The molecule has 1 N–H and O–H groups in total. The van der Waals surface area contributed by atoms with Gasteiger partial charge in [0.25, 0.3) is 0 Å². The van der Waals surface area contributed by atoms with E-state index in [0.29, 0.717) is 0 Å². The van der Waals surface area contributed by atoms with E-state index in [9.17, 15) is 0 Å². The van der Waals surface area contributed by atoms with E-state index in [0.717, 1.165) is 5.82 Å². The van der Waals surface area contributed by atoms with Gasteiger partial charge in [0.2, 0.25) is 5.28 Å². The molecule has 0 saturated carbocycles. The fraction of sp³-hybridized carbons (Fsp3) is 0.200. The first-order valence-corrected chi connectivity index (χ1v) is 5.80. The predicted octanol–water partition coefficient (Wildman–Crippen LogP) is 3.36. The number of anilines is 1. The molecule has 1 atom stereocenters. The fourth-order valence-corrected chi connectivity index (χ4v) is 2.13. The van der Waals surface area contributed by atoms with Crippen molar-refractivity contribution in [2.24, 2.45) is 0 Å². The summed E-state index contributed by atoms with van der Waals surface area (Å²) in [6, 6.07) is 6.16. The molecule has 0 spiro atoms. The zero-order chi connectivity index (χ0) is 10.7. The molecule has 0 bridgehead atoms. The number of nitrogens with zero attached hydrogens (tertiary/aromatic N) is 2. The molecule has 2 rings (SSSR count). The monoisotopic (exact) mass is 239 g/mol. The number of halogens is 1. The van der Waals surface area contributed by atoms with Crippen molar-refractivity contribution in [3.63, 3.8) is 0 Å². The van der Waals surface area contributed by atoms with Crippen LogP contribution >= 0.6 is 22.9 Å². The van der Waals surface area contributed by atoms with Crippen molar-refractivity contribution in [1.82, 2.24) is 9.97 Å². The van der Waals surface area contributed by atoms with Crippen molar-refractivity contribution in [3.05, 3.63) is 39.9 Å². The first-order valence-electron chi connectivity index (χ1n) is 4.54. The van der Waals surface area contributed by atoms with Gasteiger partial charge in [-0.25, -0.2) is 9.97 Å². The second kappa shape index (κ2) is 4.59. The summed E-state index contributed by atoms with van der Waals surface area (Å²) in [6.07, 6.45) is 1.64. The minimum absolute atomic E-state index is 0.232. The smallest absolute Gasteiger partial charge is 0.224 e. The Morgan fingerprint density at radius 1 is 1.47 bits per heavy atom. The third-order valence-corrected chi connectivity index (χ3v) is 3.20. The third kappa shape index (κ3) is 2.67. The van der Waals surface area contributed by atoms with Gasteiger partial charge in [-0.3, -0.25) is 0 Å². The van der Waals surface area contributed by atoms with Crippen LogP contribution in [0.2, 0.25) is 5.28 Å². The van der Waals surface area contributed by atoms with Gasteiger partial charge in [0.05, 0.1) is 6.04 Å². The summed E-state index contributed by atoms with van der Waals surface area (Å²) >= 11 is 7.41. The van der Waals surface area contributed by atoms with Gasteiger partial charge < -0.3 is 5.32 Å². The Labute approximate surface area is 97.2 Å². The van der Waals surface area contributed by atoms with Crippen LogP contribution in [0.25, 0.3) is 0 Å². The summed E-state index contributed by atoms with van der Waals surface area (Å²) in [6.45, 7) is 2.09. The lowest BCUT2D eigenvalue weighted by Crippen LogP contribution is -2.06. The highest BCUT2D eigenvalue weighted by atomic mass is 35.5. The maximum absolute atomic E-state index is 5.69. The highest BCUT2D eigenvalue weighted by Gasteiger charge is 2.06. The van der Waals surface area contributed by atoms with Crippen molar-refractivity contribution in [2.75, 3.05) is 5.32 Å². The van der Waals surface area contributed by atoms with Crippen LogP contribution < -0.4 is 5.32 Å². The van der Waals surface area contributed by atoms with Crippen LogP contribution in [0, 0.1) is 0 Å². The van der Waals surface area contributed by atoms with Crippen LogP contribution in [-0.4, -0.2) is 9.97 Å². The topological polar surface area (TPSA) is 37.8 Å². The normalized spacial score (nSPS) is 12.4. The van der Waals surface area contributed by atoms with Crippen molar-refractivity contribution in [2.45, 2.75) is 13.0 Å². The predicted molar refractivity (Wildman–Crippen MR) is 63.4 cm³/mol. The van der Waals surface area contributed by atoms with Crippen LogP contribution in [0.4, 0.5) is 5.82 Å². The van der Waals surface area contributed by atoms with E-state index in [1.807, 2.05) is 6.07 Å². The summed E-state index contributed by atoms with van der Waals surface area (Å²) in [7, 11) is 0. The lowest BCUT2D eigenvalue weighted by atomic mass is 10.3. The Hall–Kier alpha value is -1.13. The number of hydrogen-bond acceptors (Lipinski definition) is 4. The molecular formula is C10H10ClN3S. The van der Waals surface area contributed by atoms with E-state index in [-0.39, 0.29) is 11.3 Å². The largest absolute Gasteiger partial charge is 0.363 e. The average molecular weight is 240 g/mol. The van der Waals surface area contributed by atoms with Gasteiger partial charge in [-0.1, -0.05) is 6.07 Å². The van der Waals surface area contributed by atoms with Crippen LogP contribution in [-0.2, 0) is 0 Å². The summed E-state index contributed by atoms with van der Waals surface area (Å²) in [5, 5.41) is 5.58. The molecule has 2 aromatic heterocycles. The molecule has 1 unspecified atom stereocenters. The molecule has 0 amide bonds. The van der Waals surface area contributed by atoms with Gasteiger partial charge >= 0.3 is 0 Å². The molecule has 5 heteroatoms. The van der Waals surface area contributed by atoms with E-state index < -0.39 is 0 Å². The van der Waals surface area contributed by atoms with Crippen LogP contribution in [0.1, 0.15) is 17.8 Å². The average Bonchev–Trinajstić information content (AvgIpc) is 2.70. The van der Waals surface area contributed by atoms with Gasteiger partial charge in [0.1, 0.15) is 5.82 Å². The molecule has 2 heterocycles. The van der Waals surface area contributed by atoms with Crippen molar-refractivity contribution in [1.29, 1.82) is 0 Å². The van der Waals surface area contributed by atoms with Crippen LogP contribution in [0.5, 0.6) is 0 Å². The molecule has 0 aromatic carbocycles. The Morgan fingerprint density at radius 2 is 2.33 bits per heavy atom. The number of thiophene rings is 1. The van der Waals surface area contributed by atoms with Gasteiger partial charge in [0, 0.05) is 11.1 Å². The quantitative estimate of drug-likeness (QED) is 0.835. The maximum Gasteiger partial charge on any atom is 0.224 e. The van der Waals surface area contributed by atoms with E-state index in [2.05, 4.69) is 33.7 Å². The minimum atomic E-state index is 0.232. The van der Waals surface area contributed by atoms with E-state index in [1.165, 1.54) is 4.88 Å². The summed E-state index contributed by atoms with van der Waals surface area (Å²) in [5.41, 5.74) is 0. The molecule has 3 nitrogen and oxygen atoms in total. The highest BCUT2D eigenvalue weighted by molar-refractivity contribution is 7.10. The first kappa shape index (κ1) is 10.4. The second-order valence-electron chi connectivity index (χ2n) is 3.09. The lowest BCUT2D eigenvalue weighted by molar-refractivity contribution is 0.893. The Kier molecular flexibility index (Phi) is 3.18. The van der Waals surface area contributed by atoms with Crippen LogP contribution in [0.15, 0.2) is 29.8 Å². The molecule has 78 valence electrons. The number of nitrogens with one attached hydrogen (secondary N) is 1. The van der Waals surface area contributed by atoms with E-state index in [1.54, 1.807) is 23.6 Å². The molecule has 0 saturated heterocycles. The Balaban J connectivity index is 2.09. The molecule has 15 heavy (non-hydrogen) atoms. The molecule has 2 aromatic rings. The summed E-state index contributed by atoms with van der Waals surface area (Å²) in [5.74, 6) is 0.746. The zero-order valence-electron chi connectivity index (χ0n) is 8.14. The lowest BCUT2D eigenvalue weighted by Gasteiger charge is -2.12. The van der Waals surface area contributed by atoms with Gasteiger partial charge in [-0.2, -0.15) is 0 Å². The van der Waals surface area contributed by atoms with Gasteiger partial charge in [-0.05, 0) is 36.0 Å². The van der Waals surface area contributed by atoms with Crippen LogP contribution in [0.3, 0.4) is 0 Å². The SMILES string of the molecule is CC(Nc1ccnc(Cl)n1)c1cccs1. The molecule has 0 fully saturated rings. The maximum atomic E-state index is 5.69. The molecule has 0 aliphatic rings. The minimum Gasteiger partial charge on any atom is -0.363 e. The van der Waals surface area contributed by atoms with Crippen molar-refractivity contribution >= 4 is 28.8 Å². The van der Waals surface area contributed by atoms with E-state index in [4.69, 9.17) is 11.6 Å². The molecule has 0 aliphatic heterocycles. The number of aromatic nitrogens is 2.